The fourth-order valence-electron chi connectivity index (χ4n) is 4.29. The van der Waals surface area contributed by atoms with Gasteiger partial charge in [-0.25, -0.2) is 14.5 Å². The van der Waals surface area contributed by atoms with Gasteiger partial charge in [0.05, 0.1) is 13.2 Å². The number of pyridine rings is 1. The van der Waals surface area contributed by atoms with E-state index in [1.54, 1.807) is 30.1 Å². The van der Waals surface area contributed by atoms with Crippen molar-refractivity contribution in [1.29, 1.82) is 0 Å². The zero-order valence-electron chi connectivity index (χ0n) is 19.2. The number of carbonyl (C=O) groups is 2. The molecule has 10 heteroatoms. The lowest BCUT2D eigenvalue weighted by Gasteiger charge is -2.19. The molecule has 1 N–H and O–H groups in total. The molecule has 10 nitrogen and oxygen atoms in total. The van der Waals surface area contributed by atoms with Gasteiger partial charge in [-0.3, -0.25) is 9.59 Å². The fraction of sp³-hybridized carbons (Fsp3) is 0.458. The van der Waals surface area contributed by atoms with Crippen molar-refractivity contribution in [3.63, 3.8) is 0 Å². The molecule has 2 fully saturated rings. The maximum atomic E-state index is 12.1. The van der Waals surface area contributed by atoms with E-state index < -0.39 is 0 Å². The number of amides is 1. The molecule has 5 rings (SSSR count). The first-order valence-electron chi connectivity index (χ1n) is 11.5. The van der Waals surface area contributed by atoms with Crippen molar-refractivity contribution in [3.8, 4) is 16.9 Å². The number of carbonyl (C=O) groups excluding carboxylic acids is 2. The number of nitrogens with one attached hydrogen (secondary N) is 1. The zero-order chi connectivity index (χ0) is 23.7. The normalized spacial score (nSPS) is 19.8. The molecular weight excluding hydrogens is 438 g/mol. The van der Waals surface area contributed by atoms with Gasteiger partial charge in [-0.1, -0.05) is 0 Å². The lowest BCUT2D eigenvalue weighted by Crippen LogP contribution is -2.28. The predicted octanol–water partition coefficient (Wildman–Crippen LogP) is 3.15. The number of hydrogen-bond acceptors (Lipinski definition) is 8. The van der Waals surface area contributed by atoms with Crippen LogP contribution < -0.4 is 10.1 Å². The number of methoxy groups -OCH3 is 1. The number of hydrogen-bond donors (Lipinski definition) is 1. The van der Waals surface area contributed by atoms with E-state index in [1.807, 2.05) is 12.3 Å². The summed E-state index contributed by atoms with van der Waals surface area (Å²) in [5, 5.41) is 7.30. The van der Waals surface area contributed by atoms with Crippen LogP contribution in [0.4, 0.5) is 5.82 Å². The molecule has 0 saturated heterocycles. The van der Waals surface area contributed by atoms with Gasteiger partial charge < -0.3 is 19.5 Å². The first-order valence-corrected chi connectivity index (χ1v) is 11.5. The molecule has 3 aromatic rings. The van der Waals surface area contributed by atoms with Gasteiger partial charge >= 0.3 is 5.97 Å². The molecule has 34 heavy (non-hydrogen) atoms. The highest BCUT2D eigenvalue weighted by Gasteiger charge is 2.31. The standard InChI is InChI=1S/C24H27N5O5/c1-14(30)34-20-5-3-4-19(20)33-13-22-25-11-16(12-26-22)17-8-9-29-18(23(17)32-2)10-21(28-29)27-24(31)15-6-7-15/h8-12,15,19-20H,3-7,13H2,1-2H3,(H,27,28,31)/t19-,20-/m0/s1. The van der Waals surface area contributed by atoms with Gasteiger partial charge in [0.25, 0.3) is 0 Å². The summed E-state index contributed by atoms with van der Waals surface area (Å²) in [5.41, 5.74) is 2.33. The molecule has 178 valence electrons. The van der Waals surface area contributed by atoms with Gasteiger partial charge in [0.2, 0.25) is 5.91 Å². The summed E-state index contributed by atoms with van der Waals surface area (Å²) < 4.78 is 18.6. The Morgan fingerprint density at radius 3 is 2.62 bits per heavy atom. The molecule has 0 unspecified atom stereocenters. The summed E-state index contributed by atoms with van der Waals surface area (Å²) in [7, 11) is 1.60. The van der Waals surface area contributed by atoms with Gasteiger partial charge in [0.1, 0.15) is 18.2 Å². The van der Waals surface area contributed by atoms with E-state index in [0.717, 1.165) is 48.7 Å². The summed E-state index contributed by atoms with van der Waals surface area (Å²) in [6.45, 7) is 1.66. The maximum absolute atomic E-state index is 12.1. The number of anilines is 1. The van der Waals surface area contributed by atoms with Crippen LogP contribution in [0.5, 0.6) is 5.75 Å². The third-order valence-corrected chi connectivity index (χ3v) is 6.15. The third kappa shape index (κ3) is 4.72. The first-order chi connectivity index (χ1) is 16.5. The van der Waals surface area contributed by atoms with Crippen molar-refractivity contribution in [2.45, 2.75) is 57.8 Å². The van der Waals surface area contributed by atoms with Gasteiger partial charge in [0, 0.05) is 48.6 Å². The summed E-state index contributed by atoms with van der Waals surface area (Å²) >= 11 is 0. The molecule has 2 atom stereocenters. The summed E-state index contributed by atoms with van der Waals surface area (Å²) in [6, 6.07) is 3.68. The van der Waals surface area contributed by atoms with Gasteiger partial charge in [-0.2, -0.15) is 0 Å². The van der Waals surface area contributed by atoms with Crippen molar-refractivity contribution in [2.24, 2.45) is 5.92 Å². The van der Waals surface area contributed by atoms with E-state index in [1.165, 1.54) is 6.92 Å². The summed E-state index contributed by atoms with van der Waals surface area (Å²) in [6.07, 6.45) is 9.41. The lowest BCUT2D eigenvalue weighted by molar-refractivity contribution is -0.153. The molecule has 2 aliphatic rings. The van der Waals surface area contributed by atoms with Crippen molar-refractivity contribution in [3.05, 3.63) is 36.5 Å². The Kier molecular flexibility index (Phi) is 6.14. The average Bonchev–Trinajstić information content (AvgIpc) is 3.47. The van der Waals surface area contributed by atoms with Crippen LogP contribution in [-0.4, -0.2) is 50.8 Å². The Balaban J connectivity index is 1.30. The number of esters is 1. The highest BCUT2D eigenvalue weighted by atomic mass is 16.6. The molecule has 3 aromatic heterocycles. The Bertz CT molecular complexity index is 1200. The molecular formula is C24H27N5O5. The largest absolute Gasteiger partial charge is 0.494 e. The second-order valence-electron chi connectivity index (χ2n) is 8.70. The van der Waals surface area contributed by atoms with Crippen LogP contribution in [-0.2, 0) is 25.7 Å². The molecule has 0 radical (unpaired) electrons. The third-order valence-electron chi connectivity index (χ3n) is 6.15. The van der Waals surface area contributed by atoms with E-state index in [-0.39, 0.29) is 36.6 Å². The Morgan fingerprint density at radius 2 is 1.91 bits per heavy atom. The minimum atomic E-state index is -0.289. The highest BCUT2D eigenvalue weighted by molar-refractivity contribution is 5.94. The van der Waals surface area contributed by atoms with E-state index in [4.69, 9.17) is 14.2 Å². The van der Waals surface area contributed by atoms with Crippen molar-refractivity contribution in [2.75, 3.05) is 12.4 Å². The zero-order valence-corrected chi connectivity index (χ0v) is 19.2. The lowest BCUT2D eigenvalue weighted by atomic mass is 10.1. The predicted molar refractivity (Wildman–Crippen MR) is 122 cm³/mol. The van der Waals surface area contributed by atoms with Gasteiger partial charge in [-0.15, -0.1) is 5.10 Å². The SMILES string of the molecule is COc1c(-c2cnc(CO[C@H]3CCC[C@@H]3OC(C)=O)nc2)ccn2nc(NC(=O)C3CC3)cc12. The Morgan fingerprint density at radius 1 is 1.15 bits per heavy atom. The van der Waals surface area contributed by atoms with Crippen molar-refractivity contribution < 1.29 is 23.8 Å². The van der Waals surface area contributed by atoms with Crippen molar-refractivity contribution in [1.82, 2.24) is 19.6 Å². The van der Waals surface area contributed by atoms with Crippen molar-refractivity contribution >= 4 is 23.2 Å². The van der Waals surface area contributed by atoms with Crippen LogP contribution in [0.15, 0.2) is 30.7 Å². The highest BCUT2D eigenvalue weighted by Crippen LogP contribution is 2.35. The van der Waals surface area contributed by atoms with E-state index in [2.05, 4.69) is 20.4 Å². The van der Waals surface area contributed by atoms with Crippen LogP contribution >= 0.6 is 0 Å². The van der Waals surface area contributed by atoms with E-state index in [9.17, 15) is 9.59 Å². The smallest absolute Gasteiger partial charge is 0.302 e. The number of aromatic nitrogens is 4. The molecule has 0 spiro atoms. The van der Waals surface area contributed by atoms with Gasteiger partial charge in [-0.05, 0) is 38.2 Å². The van der Waals surface area contributed by atoms with Crippen LogP contribution in [0.25, 0.3) is 16.6 Å². The quantitative estimate of drug-likeness (QED) is 0.504. The minimum Gasteiger partial charge on any atom is -0.494 e. The van der Waals surface area contributed by atoms with Crippen LogP contribution in [0.1, 0.15) is 44.9 Å². The van der Waals surface area contributed by atoms with E-state index in [0.29, 0.717) is 17.4 Å². The Hall–Kier alpha value is -3.53. The van der Waals surface area contributed by atoms with Crippen LogP contribution in [0.3, 0.4) is 0 Å². The number of nitrogens with zero attached hydrogens (tertiary/aromatic N) is 4. The topological polar surface area (TPSA) is 117 Å². The molecule has 0 bridgehead atoms. The first kappa shape index (κ1) is 22.3. The van der Waals surface area contributed by atoms with E-state index >= 15 is 0 Å². The molecule has 2 saturated carbocycles. The van der Waals surface area contributed by atoms with Crippen LogP contribution in [0.2, 0.25) is 0 Å². The number of fused-ring (bicyclic) bond motifs is 1. The summed E-state index contributed by atoms with van der Waals surface area (Å²) in [5.74, 6) is 1.47. The molecule has 0 aliphatic heterocycles. The van der Waals surface area contributed by atoms with Crippen LogP contribution in [0, 0.1) is 5.92 Å². The monoisotopic (exact) mass is 465 g/mol. The average molecular weight is 466 g/mol. The minimum absolute atomic E-state index is 0.00517. The Labute approximate surface area is 196 Å². The summed E-state index contributed by atoms with van der Waals surface area (Å²) in [4.78, 5) is 32.3. The molecule has 2 aliphatic carbocycles. The molecule has 0 aromatic carbocycles. The second-order valence-corrected chi connectivity index (χ2v) is 8.70. The molecule has 3 heterocycles. The molecule has 1 amide bonds. The second kappa shape index (κ2) is 9.38. The number of ether oxygens (including phenoxy) is 3. The maximum Gasteiger partial charge on any atom is 0.302 e. The number of rotatable bonds is 8. The fourth-order valence-corrected chi connectivity index (χ4v) is 4.29. The van der Waals surface area contributed by atoms with Gasteiger partial charge in [0.15, 0.2) is 17.4 Å².